The Morgan fingerprint density at radius 1 is 1.13 bits per heavy atom. The van der Waals surface area contributed by atoms with Gasteiger partial charge >= 0.3 is 0 Å². The molecule has 3 nitrogen and oxygen atoms in total. The zero-order chi connectivity index (χ0) is 15.9. The summed E-state index contributed by atoms with van der Waals surface area (Å²) in [6, 6.07) is 6.66. The van der Waals surface area contributed by atoms with E-state index < -0.39 is 0 Å². The van der Waals surface area contributed by atoms with E-state index >= 15 is 0 Å². The average Bonchev–Trinajstić information content (AvgIpc) is 3.14. The Labute approximate surface area is 140 Å². The van der Waals surface area contributed by atoms with E-state index in [4.69, 9.17) is 4.74 Å². The monoisotopic (exact) mass is 314 g/mol. The largest absolute Gasteiger partial charge is 0.495 e. The van der Waals surface area contributed by atoms with Gasteiger partial charge in [0.05, 0.1) is 12.8 Å². The highest BCUT2D eigenvalue weighted by atomic mass is 16.5. The third kappa shape index (κ3) is 4.51. The Morgan fingerprint density at radius 3 is 2.74 bits per heavy atom. The number of allylic oxidation sites excluding steroid dienone is 1. The molecule has 126 valence electrons. The molecule has 0 radical (unpaired) electrons. The van der Waals surface area contributed by atoms with E-state index in [9.17, 15) is 0 Å². The highest BCUT2D eigenvalue weighted by Crippen LogP contribution is 2.31. The topological polar surface area (TPSA) is 24.5 Å². The molecule has 0 spiro atoms. The van der Waals surface area contributed by atoms with Crippen LogP contribution in [0.1, 0.15) is 50.5 Å². The summed E-state index contributed by atoms with van der Waals surface area (Å²) in [5, 5.41) is 3.58. The minimum atomic E-state index is 0.921. The van der Waals surface area contributed by atoms with Crippen molar-refractivity contribution in [3.05, 3.63) is 35.4 Å². The first-order valence-electron chi connectivity index (χ1n) is 9.17. The van der Waals surface area contributed by atoms with Crippen LogP contribution in [0, 0.1) is 0 Å². The highest BCUT2D eigenvalue weighted by molar-refractivity contribution is 5.60. The summed E-state index contributed by atoms with van der Waals surface area (Å²) in [6.45, 7) is 4.30. The molecule has 0 bridgehead atoms. The second-order valence-corrected chi connectivity index (χ2v) is 6.74. The number of rotatable bonds is 7. The lowest BCUT2D eigenvalue weighted by molar-refractivity contribution is 0.414. The second kappa shape index (κ2) is 8.39. The Balaban J connectivity index is 1.50. The van der Waals surface area contributed by atoms with Crippen molar-refractivity contribution in [2.75, 3.05) is 31.6 Å². The van der Waals surface area contributed by atoms with Crippen molar-refractivity contribution in [2.24, 2.45) is 0 Å². The molecule has 1 heterocycles. The SMILES string of the molecule is COc1cc(CNCCC2=CCCCC2)ccc1N1CCCC1. The fraction of sp³-hybridized carbons (Fsp3) is 0.600. The minimum Gasteiger partial charge on any atom is -0.495 e. The van der Waals surface area contributed by atoms with Crippen LogP contribution in [0.2, 0.25) is 0 Å². The Hall–Kier alpha value is -1.48. The third-order valence-electron chi connectivity index (χ3n) is 5.03. The Morgan fingerprint density at radius 2 is 2.00 bits per heavy atom. The summed E-state index contributed by atoms with van der Waals surface area (Å²) in [4.78, 5) is 2.44. The molecule has 1 N–H and O–H groups in total. The normalized spacial score (nSPS) is 18.1. The molecule has 0 unspecified atom stereocenters. The first kappa shape index (κ1) is 16.4. The predicted octanol–water partition coefficient (Wildman–Crippen LogP) is 4.28. The van der Waals surface area contributed by atoms with Gasteiger partial charge < -0.3 is 15.0 Å². The minimum absolute atomic E-state index is 0.921. The first-order chi connectivity index (χ1) is 11.4. The highest BCUT2D eigenvalue weighted by Gasteiger charge is 2.16. The first-order valence-corrected chi connectivity index (χ1v) is 9.17. The smallest absolute Gasteiger partial charge is 0.142 e. The van der Waals surface area contributed by atoms with Gasteiger partial charge in [-0.25, -0.2) is 0 Å². The number of hydrogen-bond donors (Lipinski definition) is 1. The van der Waals surface area contributed by atoms with Gasteiger partial charge in [-0.2, -0.15) is 0 Å². The molecule has 1 saturated heterocycles. The molecule has 1 aliphatic heterocycles. The molecule has 2 aliphatic rings. The number of methoxy groups -OCH3 is 1. The van der Waals surface area contributed by atoms with Crippen LogP contribution in [0.25, 0.3) is 0 Å². The number of anilines is 1. The van der Waals surface area contributed by atoms with Crippen molar-refractivity contribution in [1.29, 1.82) is 0 Å². The molecule has 23 heavy (non-hydrogen) atoms. The van der Waals surface area contributed by atoms with E-state index in [-0.39, 0.29) is 0 Å². The lowest BCUT2D eigenvalue weighted by Crippen LogP contribution is -2.19. The van der Waals surface area contributed by atoms with Crippen LogP contribution in [-0.4, -0.2) is 26.7 Å². The number of nitrogens with one attached hydrogen (secondary N) is 1. The quantitative estimate of drug-likeness (QED) is 0.600. The number of nitrogens with zero attached hydrogens (tertiary/aromatic N) is 1. The molecule has 3 heteroatoms. The van der Waals surface area contributed by atoms with E-state index in [2.05, 4.69) is 34.5 Å². The third-order valence-corrected chi connectivity index (χ3v) is 5.03. The van der Waals surface area contributed by atoms with Gasteiger partial charge in [-0.15, -0.1) is 0 Å². The van der Waals surface area contributed by atoms with E-state index in [0.717, 1.165) is 31.9 Å². The molecule has 0 atom stereocenters. The van der Waals surface area contributed by atoms with Crippen LogP contribution in [0.5, 0.6) is 5.75 Å². The van der Waals surface area contributed by atoms with Gasteiger partial charge in [-0.05, 0) is 69.2 Å². The van der Waals surface area contributed by atoms with Crippen LogP contribution in [0.3, 0.4) is 0 Å². The standard InChI is InChI=1S/C20H30N2O/c1-23-20-15-18(9-10-19(20)22-13-5-6-14-22)16-21-12-11-17-7-3-2-4-8-17/h7,9-10,15,21H,2-6,8,11-14,16H2,1H3. The number of ether oxygens (including phenoxy) is 1. The van der Waals surface area contributed by atoms with Crippen molar-refractivity contribution in [2.45, 2.75) is 51.5 Å². The molecule has 3 rings (SSSR count). The van der Waals surface area contributed by atoms with Crippen LogP contribution in [-0.2, 0) is 6.54 Å². The molecule has 1 aliphatic carbocycles. The van der Waals surface area contributed by atoms with Gasteiger partial charge in [-0.1, -0.05) is 17.7 Å². The summed E-state index contributed by atoms with van der Waals surface area (Å²) in [5.41, 5.74) is 4.20. The van der Waals surface area contributed by atoms with Crippen molar-refractivity contribution in [1.82, 2.24) is 5.32 Å². The molecule has 0 aromatic heterocycles. The molecular formula is C20H30N2O. The van der Waals surface area contributed by atoms with Crippen molar-refractivity contribution in [3.63, 3.8) is 0 Å². The summed E-state index contributed by atoms with van der Waals surface area (Å²) < 4.78 is 5.62. The lowest BCUT2D eigenvalue weighted by Gasteiger charge is -2.21. The van der Waals surface area contributed by atoms with Crippen LogP contribution >= 0.6 is 0 Å². The second-order valence-electron chi connectivity index (χ2n) is 6.74. The molecule has 1 aromatic carbocycles. The zero-order valence-electron chi connectivity index (χ0n) is 14.4. The van der Waals surface area contributed by atoms with Gasteiger partial charge in [0.1, 0.15) is 5.75 Å². The maximum Gasteiger partial charge on any atom is 0.142 e. The maximum absolute atomic E-state index is 5.62. The van der Waals surface area contributed by atoms with Gasteiger partial charge in [0, 0.05) is 19.6 Å². The summed E-state index contributed by atoms with van der Waals surface area (Å²) in [7, 11) is 1.78. The Kier molecular flexibility index (Phi) is 5.98. The maximum atomic E-state index is 5.62. The molecule has 1 fully saturated rings. The lowest BCUT2D eigenvalue weighted by atomic mass is 9.97. The molecule has 1 aromatic rings. The number of hydrogen-bond acceptors (Lipinski definition) is 3. The molecular weight excluding hydrogens is 284 g/mol. The van der Waals surface area contributed by atoms with Gasteiger partial charge in [0.2, 0.25) is 0 Å². The molecule has 0 saturated carbocycles. The zero-order valence-corrected chi connectivity index (χ0v) is 14.4. The van der Waals surface area contributed by atoms with Crippen LogP contribution in [0.4, 0.5) is 5.69 Å². The number of benzene rings is 1. The molecule has 0 amide bonds. The van der Waals surface area contributed by atoms with Crippen LogP contribution < -0.4 is 15.0 Å². The van der Waals surface area contributed by atoms with E-state index in [0.29, 0.717) is 0 Å². The summed E-state index contributed by atoms with van der Waals surface area (Å²) in [6.07, 6.45) is 11.6. The van der Waals surface area contributed by atoms with Gasteiger partial charge in [0.15, 0.2) is 0 Å². The van der Waals surface area contributed by atoms with Gasteiger partial charge in [0.25, 0.3) is 0 Å². The Bertz CT molecular complexity index is 532. The fourth-order valence-electron chi connectivity index (χ4n) is 3.66. The van der Waals surface area contributed by atoms with E-state index in [1.165, 1.54) is 56.2 Å². The van der Waals surface area contributed by atoms with Crippen molar-refractivity contribution >= 4 is 5.69 Å². The van der Waals surface area contributed by atoms with E-state index in [1.54, 1.807) is 12.7 Å². The van der Waals surface area contributed by atoms with E-state index in [1.807, 2.05) is 0 Å². The van der Waals surface area contributed by atoms with Crippen molar-refractivity contribution in [3.8, 4) is 5.75 Å². The van der Waals surface area contributed by atoms with Crippen molar-refractivity contribution < 1.29 is 4.74 Å². The predicted molar refractivity (Wildman–Crippen MR) is 97.3 cm³/mol. The summed E-state index contributed by atoms with van der Waals surface area (Å²) in [5.74, 6) is 1.01. The van der Waals surface area contributed by atoms with Crippen LogP contribution in [0.15, 0.2) is 29.8 Å². The summed E-state index contributed by atoms with van der Waals surface area (Å²) >= 11 is 0. The van der Waals surface area contributed by atoms with Gasteiger partial charge in [-0.3, -0.25) is 0 Å². The average molecular weight is 314 g/mol. The fourth-order valence-corrected chi connectivity index (χ4v) is 3.66.